The van der Waals surface area contributed by atoms with E-state index < -0.39 is 0 Å². The SMILES string of the molecule is CCNC(=O)c1ccc(NC(=O)C(C)c2ccc(CC(C)C)cc2)cc1. The highest BCUT2D eigenvalue weighted by Crippen LogP contribution is 2.20. The third-order valence-electron chi connectivity index (χ3n) is 4.27. The number of carbonyl (C=O) groups excluding carboxylic acids is 2. The lowest BCUT2D eigenvalue weighted by atomic mass is 9.96. The first-order valence-corrected chi connectivity index (χ1v) is 9.18. The first kappa shape index (κ1) is 19.7. The number of nitrogens with one attached hydrogen (secondary N) is 2. The van der Waals surface area contributed by atoms with Crippen LogP contribution in [0.5, 0.6) is 0 Å². The highest BCUT2D eigenvalue weighted by atomic mass is 16.2. The Bertz CT molecular complexity index is 734. The van der Waals surface area contributed by atoms with Gasteiger partial charge in [0.15, 0.2) is 0 Å². The Balaban J connectivity index is 1.99. The van der Waals surface area contributed by atoms with Crippen molar-refractivity contribution < 1.29 is 9.59 Å². The zero-order valence-electron chi connectivity index (χ0n) is 16.0. The van der Waals surface area contributed by atoms with Crippen LogP contribution in [0.3, 0.4) is 0 Å². The molecule has 0 spiro atoms. The molecule has 0 aliphatic carbocycles. The molecule has 1 atom stereocenters. The Morgan fingerprint density at radius 2 is 1.54 bits per heavy atom. The molecule has 0 bridgehead atoms. The largest absolute Gasteiger partial charge is 0.352 e. The van der Waals surface area contributed by atoms with Gasteiger partial charge in [-0.25, -0.2) is 0 Å². The molecular weight excluding hydrogens is 324 g/mol. The number of anilines is 1. The number of benzene rings is 2. The van der Waals surface area contributed by atoms with Gasteiger partial charge in [-0.1, -0.05) is 38.1 Å². The molecule has 0 fully saturated rings. The fourth-order valence-corrected chi connectivity index (χ4v) is 2.78. The molecule has 0 aromatic heterocycles. The molecule has 4 heteroatoms. The van der Waals surface area contributed by atoms with E-state index in [0.717, 1.165) is 12.0 Å². The molecule has 1 unspecified atom stereocenters. The Labute approximate surface area is 156 Å². The van der Waals surface area contributed by atoms with Crippen molar-refractivity contribution in [3.63, 3.8) is 0 Å². The second kappa shape index (κ2) is 9.18. The van der Waals surface area contributed by atoms with Crippen LogP contribution in [0.2, 0.25) is 0 Å². The van der Waals surface area contributed by atoms with Crippen molar-refractivity contribution in [2.75, 3.05) is 11.9 Å². The average Bonchev–Trinajstić information content (AvgIpc) is 2.62. The lowest BCUT2D eigenvalue weighted by Crippen LogP contribution is -2.22. The minimum atomic E-state index is -0.244. The van der Waals surface area contributed by atoms with Gasteiger partial charge in [-0.2, -0.15) is 0 Å². The van der Waals surface area contributed by atoms with Crippen LogP contribution in [0.4, 0.5) is 5.69 Å². The van der Waals surface area contributed by atoms with Gasteiger partial charge in [-0.15, -0.1) is 0 Å². The van der Waals surface area contributed by atoms with E-state index in [4.69, 9.17) is 0 Å². The summed E-state index contributed by atoms with van der Waals surface area (Å²) in [6.45, 7) is 8.76. The summed E-state index contributed by atoms with van der Waals surface area (Å²) >= 11 is 0. The zero-order valence-corrected chi connectivity index (χ0v) is 16.0. The van der Waals surface area contributed by atoms with Crippen LogP contribution < -0.4 is 10.6 Å². The molecule has 2 aromatic carbocycles. The van der Waals surface area contributed by atoms with Crippen LogP contribution >= 0.6 is 0 Å². The van der Waals surface area contributed by atoms with Gasteiger partial charge < -0.3 is 10.6 Å². The maximum atomic E-state index is 12.5. The van der Waals surface area contributed by atoms with E-state index in [9.17, 15) is 9.59 Å². The smallest absolute Gasteiger partial charge is 0.251 e. The Morgan fingerprint density at radius 3 is 2.08 bits per heavy atom. The van der Waals surface area contributed by atoms with E-state index in [2.05, 4.69) is 36.6 Å². The third kappa shape index (κ3) is 5.45. The number of hydrogen-bond acceptors (Lipinski definition) is 2. The molecule has 0 aliphatic rings. The highest BCUT2D eigenvalue weighted by molar-refractivity contribution is 5.97. The van der Waals surface area contributed by atoms with Gasteiger partial charge in [0.1, 0.15) is 0 Å². The summed E-state index contributed by atoms with van der Waals surface area (Å²) in [6, 6.07) is 15.2. The maximum absolute atomic E-state index is 12.5. The van der Waals surface area contributed by atoms with Crippen molar-refractivity contribution in [3.05, 3.63) is 65.2 Å². The van der Waals surface area contributed by atoms with Crippen molar-refractivity contribution in [3.8, 4) is 0 Å². The summed E-state index contributed by atoms with van der Waals surface area (Å²) < 4.78 is 0. The number of hydrogen-bond donors (Lipinski definition) is 2. The van der Waals surface area contributed by atoms with Crippen molar-refractivity contribution in [2.45, 2.75) is 40.0 Å². The fraction of sp³-hybridized carbons (Fsp3) is 0.364. The Morgan fingerprint density at radius 1 is 0.923 bits per heavy atom. The summed E-state index contributed by atoms with van der Waals surface area (Å²) in [5.41, 5.74) is 3.55. The van der Waals surface area contributed by atoms with Crippen LogP contribution in [0, 0.1) is 5.92 Å². The standard InChI is InChI=1S/C22H28N2O2/c1-5-23-22(26)19-10-12-20(13-11-19)24-21(25)16(4)18-8-6-17(7-9-18)14-15(2)3/h6-13,15-16H,5,14H2,1-4H3,(H,23,26)(H,24,25). The summed E-state index contributed by atoms with van der Waals surface area (Å²) in [5, 5.41) is 5.67. The number of rotatable bonds is 7. The molecule has 0 saturated heterocycles. The van der Waals surface area contributed by atoms with Crippen LogP contribution in [0.25, 0.3) is 0 Å². The molecule has 2 rings (SSSR count). The molecule has 26 heavy (non-hydrogen) atoms. The second-order valence-electron chi connectivity index (χ2n) is 6.99. The summed E-state index contributed by atoms with van der Waals surface area (Å²) in [7, 11) is 0. The average molecular weight is 352 g/mol. The minimum absolute atomic E-state index is 0.0626. The van der Waals surface area contributed by atoms with E-state index in [-0.39, 0.29) is 17.7 Å². The monoisotopic (exact) mass is 352 g/mol. The van der Waals surface area contributed by atoms with Gasteiger partial charge in [-0.3, -0.25) is 9.59 Å². The van der Waals surface area contributed by atoms with E-state index >= 15 is 0 Å². The normalized spacial score (nSPS) is 11.9. The van der Waals surface area contributed by atoms with Gasteiger partial charge in [0.2, 0.25) is 5.91 Å². The van der Waals surface area contributed by atoms with Crippen LogP contribution in [-0.4, -0.2) is 18.4 Å². The van der Waals surface area contributed by atoms with E-state index in [0.29, 0.717) is 23.7 Å². The lowest BCUT2D eigenvalue weighted by molar-refractivity contribution is -0.117. The Hall–Kier alpha value is -2.62. The highest BCUT2D eigenvalue weighted by Gasteiger charge is 2.15. The summed E-state index contributed by atoms with van der Waals surface area (Å²) in [5.74, 6) is 0.197. The van der Waals surface area contributed by atoms with Gasteiger partial charge in [0, 0.05) is 17.8 Å². The molecule has 4 nitrogen and oxygen atoms in total. The lowest BCUT2D eigenvalue weighted by Gasteiger charge is -2.14. The zero-order chi connectivity index (χ0) is 19.1. The topological polar surface area (TPSA) is 58.2 Å². The van der Waals surface area contributed by atoms with Gasteiger partial charge in [0.25, 0.3) is 5.91 Å². The maximum Gasteiger partial charge on any atom is 0.251 e. The second-order valence-corrected chi connectivity index (χ2v) is 6.99. The first-order chi connectivity index (χ1) is 12.4. The van der Waals surface area contributed by atoms with E-state index in [1.807, 2.05) is 26.0 Å². The molecule has 2 amide bonds. The predicted octanol–water partition coefficient (Wildman–Crippen LogP) is 4.38. The molecule has 2 N–H and O–H groups in total. The Kier molecular flexibility index (Phi) is 6.96. The quantitative estimate of drug-likeness (QED) is 0.777. The fourth-order valence-electron chi connectivity index (χ4n) is 2.78. The van der Waals surface area contributed by atoms with Gasteiger partial charge >= 0.3 is 0 Å². The van der Waals surface area contributed by atoms with Crippen molar-refractivity contribution >= 4 is 17.5 Å². The first-order valence-electron chi connectivity index (χ1n) is 9.18. The molecule has 0 saturated carbocycles. The summed E-state index contributed by atoms with van der Waals surface area (Å²) in [4.78, 5) is 24.3. The molecule has 2 aromatic rings. The molecule has 138 valence electrons. The van der Waals surface area contributed by atoms with E-state index in [1.165, 1.54) is 5.56 Å². The van der Waals surface area contributed by atoms with Crippen LogP contribution in [0.1, 0.15) is 55.1 Å². The van der Waals surface area contributed by atoms with Crippen LogP contribution in [0.15, 0.2) is 48.5 Å². The summed E-state index contributed by atoms with van der Waals surface area (Å²) in [6.07, 6.45) is 1.04. The van der Waals surface area contributed by atoms with Crippen LogP contribution in [-0.2, 0) is 11.2 Å². The van der Waals surface area contributed by atoms with Crippen molar-refractivity contribution in [2.24, 2.45) is 5.92 Å². The third-order valence-corrected chi connectivity index (χ3v) is 4.27. The number of amides is 2. The molecule has 0 radical (unpaired) electrons. The predicted molar refractivity (Wildman–Crippen MR) is 106 cm³/mol. The van der Waals surface area contributed by atoms with Gasteiger partial charge in [0.05, 0.1) is 5.92 Å². The van der Waals surface area contributed by atoms with Crippen molar-refractivity contribution in [1.82, 2.24) is 5.32 Å². The molecular formula is C22H28N2O2. The number of carbonyl (C=O) groups is 2. The van der Waals surface area contributed by atoms with E-state index in [1.54, 1.807) is 24.3 Å². The minimum Gasteiger partial charge on any atom is -0.352 e. The molecule has 0 heterocycles. The molecule has 0 aliphatic heterocycles. The van der Waals surface area contributed by atoms with Gasteiger partial charge in [-0.05, 0) is 61.6 Å². The van der Waals surface area contributed by atoms with Crippen molar-refractivity contribution in [1.29, 1.82) is 0 Å².